The zero-order valence-corrected chi connectivity index (χ0v) is 27.8. The predicted molar refractivity (Wildman–Crippen MR) is 178 cm³/mol. The molecule has 0 radical (unpaired) electrons. The maximum Gasteiger partial charge on any atom is 0.269 e. The average Bonchev–Trinajstić information content (AvgIpc) is 2.99. The number of anilines is 1. The van der Waals surface area contributed by atoms with Crippen LogP contribution in [0.2, 0.25) is 0 Å². The van der Waals surface area contributed by atoms with Gasteiger partial charge in [-0.15, -0.1) is 24.8 Å². The highest BCUT2D eigenvalue weighted by atomic mass is 35.5. The number of sulfonamides is 1. The normalized spacial score (nSPS) is 16.2. The summed E-state index contributed by atoms with van der Waals surface area (Å²) in [6, 6.07) is 17.7. The number of methoxy groups -OCH3 is 2. The van der Waals surface area contributed by atoms with Crippen molar-refractivity contribution in [2.24, 2.45) is 0 Å². The molecule has 0 atom stereocenters. The van der Waals surface area contributed by atoms with E-state index in [0.717, 1.165) is 61.8 Å². The van der Waals surface area contributed by atoms with E-state index in [1.807, 2.05) is 18.2 Å². The van der Waals surface area contributed by atoms with E-state index in [-0.39, 0.29) is 42.8 Å². The van der Waals surface area contributed by atoms with Crippen molar-refractivity contribution in [1.82, 2.24) is 9.80 Å². The second-order valence-electron chi connectivity index (χ2n) is 11.1. The molecule has 0 unspecified atom stereocenters. The van der Waals surface area contributed by atoms with E-state index >= 15 is 0 Å². The van der Waals surface area contributed by atoms with Gasteiger partial charge in [0.15, 0.2) is 17.3 Å². The van der Waals surface area contributed by atoms with Crippen LogP contribution in [0.4, 0.5) is 11.4 Å². The van der Waals surface area contributed by atoms with Gasteiger partial charge in [0.1, 0.15) is 0 Å². The number of rotatable bonds is 10. The number of Topliss-reactive ketones (excluding diaryl/α,β-unsaturated/α-hetero) is 1. The zero-order valence-electron chi connectivity index (χ0n) is 25.4. The van der Waals surface area contributed by atoms with Gasteiger partial charge in [-0.2, -0.15) is 0 Å². The van der Waals surface area contributed by atoms with E-state index in [0.29, 0.717) is 29.3 Å². The highest BCUT2D eigenvalue weighted by Crippen LogP contribution is 2.47. The van der Waals surface area contributed by atoms with Crippen LogP contribution < -0.4 is 14.2 Å². The van der Waals surface area contributed by atoms with Gasteiger partial charge >= 0.3 is 0 Å². The third kappa shape index (κ3) is 8.06. The van der Waals surface area contributed by atoms with Gasteiger partial charge in [-0.1, -0.05) is 24.3 Å². The summed E-state index contributed by atoms with van der Waals surface area (Å²) >= 11 is 0. The molecule has 0 saturated carbocycles. The van der Waals surface area contributed by atoms with Crippen LogP contribution in [-0.2, 0) is 28.5 Å². The Hall–Kier alpha value is -3.42. The molecule has 14 heteroatoms. The molecule has 11 nitrogen and oxygen atoms in total. The van der Waals surface area contributed by atoms with Crippen molar-refractivity contribution in [1.29, 1.82) is 0 Å². The number of non-ortho nitro benzene ring substituents is 1. The van der Waals surface area contributed by atoms with Crippen molar-refractivity contribution in [2.75, 3.05) is 51.4 Å². The molecule has 3 aromatic rings. The first-order chi connectivity index (χ1) is 20.5. The molecule has 0 aromatic heterocycles. The fraction of sp³-hybridized carbons (Fsp3) is 0.387. The summed E-state index contributed by atoms with van der Waals surface area (Å²) in [6.45, 7) is 3.17. The van der Waals surface area contributed by atoms with Gasteiger partial charge < -0.3 is 14.4 Å². The first-order valence-electron chi connectivity index (χ1n) is 14.1. The van der Waals surface area contributed by atoms with Crippen LogP contribution in [0.15, 0.2) is 60.7 Å². The number of nitro benzene ring substituents is 1. The van der Waals surface area contributed by atoms with E-state index < -0.39 is 20.5 Å². The predicted octanol–water partition coefficient (Wildman–Crippen LogP) is 5.06. The molecular weight excluding hydrogens is 643 g/mol. The molecule has 2 aliphatic rings. The molecule has 1 saturated heterocycles. The first kappa shape index (κ1) is 36.1. The number of nitrogens with one attached hydrogen (secondary N) is 1. The smallest absolute Gasteiger partial charge is 0.269 e. The molecule has 0 amide bonds. The lowest BCUT2D eigenvalue weighted by Gasteiger charge is -2.52. The number of nitrogens with zero attached hydrogens (tertiary/aromatic N) is 3. The zero-order chi connectivity index (χ0) is 30.8. The topological polar surface area (TPSA) is 131 Å². The fourth-order valence-electron chi connectivity index (χ4n) is 6.20. The van der Waals surface area contributed by atoms with Crippen LogP contribution in [0.25, 0.3) is 0 Å². The molecule has 244 valence electrons. The summed E-state index contributed by atoms with van der Waals surface area (Å²) < 4.78 is 36.6. The summed E-state index contributed by atoms with van der Waals surface area (Å²) in [7, 11) is -0.178. The van der Waals surface area contributed by atoms with Crippen LogP contribution in [0.3, 0.4) is 0 Å². The molecular formula is C31H38Cl2N4O7S. The van der Waals surface area contributed by atoms with Crippen LogP contribution in [-0.4, -0.2) is 75.6 Å². The van der Waals surface area contributed by atoms with Gasteiger partial charge in [-0.3, -0.25) is 24.5 Å². The first-order valence-corrected chi connectivity index (χ1v) is 16.0. The molecule has 45 heavy (non-hydrogen) atoms. The summed E-state index contributed by atoms with van der Waals surface area (Å²) in [5.74, 6) is 1.09. The van der Waals surface area contributed by atoms with Crippen LogP contribution in [0.5, 0.6) is 11.5 Å². The summed E-state index contributed by atoms with van der Waals surface area (Å²) in [5.41, 5.74) is 3.73. The van der Waals surface area contributed by atoms with Gasteiger partial charge in [-0.25, -0.2) is 8.42 Å². The second-order valence-corrected chi connectivity index (χ2v) is 12.9. The van der Waals surface area contributed by atoms with Crippen molar-refractivity contribution in [3.05, 3.63) is 93.0 Å². The second kappa shape index (κ2) is 14.8. The number of hydrogen-bond donors (Lipinski definition) is 1. The lowest BCUT2D eigenvalue weighted by Crippen LogP contribution is -2.57. The van der Waals surface area contributed by atoms with Gasteiger partial charge in [0.05, 0.1) is 37.5 Å². The Morgan fingerprint density at radius 3 is 2.07 bits per heavy atom. The summed E-state index contributed by atoms with van der Waals surface area (Å²) in [4.78, 5) is 28.9. The fourth-order valence-corrected chi connectivity index (χ4v) is 6.76. The van der Waals surface area contributed by atoms with E-state index in [2.05, 4.69) is 14.5 Å². The number of halogens is 2. The molecule has 0 aliphatic carbocycles. The molecule has 1 fully saturated rings. The van der Waals surface area contributed by atoms with E-state index in [4.69, 9.17) is 9.47 Å². The van der Waals surface area contributed by atoms with Crippen molar-refractivity contribution in [3.63, 3.8) is 0 Å². The largest absolute Gasteiger partial charge is 0.493 e. The van der Waals surface area contributed by atoms with Crippen molar-refractivity contribution in [3.8, 4) is 11.5 Å². The summed E-state index contributed by atoms with van der Waals surface area (Å²) in [6.07, 6.45) is 3.52. The molecule has 1 N–H and O–H groups in total. The number of nitro groups is 1. The van der Waals surface area contributed by atoms with Crippen molar-refractivity contribution in [2.45, 2.75) is 31.3 Å². The number of ether oxygens (including phenoxy) is 2. The molecule has 5 rings (SSSR count). The third-order valence-electron chi connectivity index (χ3n) is 8.44. The van der Waals surface area contributed by atoms with Crippen LogP contribution in [0, 0.1) is 10.1 Å². The van der Waals surface area contributed by atoms with Crippen LogP contribution in [0.1, 0.15) is 39.9 Å². The number of fused-ring (bicyclic) bond motifs is 2. The third-order valence-corrected chi connectivity index (χ3v) is 9.05. The van der Waals surface area contributed by atoms with Gasteiger partial charge in [0, 0.05) is 49.6 Å². The molecule has 2 aliphatic heterocycles. The van der Waals surface area contributed by atoms with Gasteiger partial charge in [-0.05, 0) is 60.2 Å². The number of carbonyl (C=O) groups excluding carboxylic acids is 1. The monoisotopic (exact) mass is 680 g/mol. The Morgan fingerprint density at radius 1 is 0.933 bits per heavy atom. The number of carbonyl (C=O) groups is 1. The van der Waals surface area contributed by atoms with Crippen LogP contribution >= 0.6 is 24.8 Å². The average molecular weight is 682 g/mol. The molecule has 3 aromatic carbocycles. The lowest BCUT2D eigenvalue weighted by atomic mass is 9.73. The number of benzene rings is 3. The number of piperidine rings is 1. The number of ketones is 1. The minimum atomic E-state index is -3.32. The van der Waals surface area contributed by atoms with Crippen molar-refractivity contribution >= 4 is 52.0 Å². The maximum absolute atomic E-state index is 13.5. The Labute approximate surface area is 275 Å². The SMILES string of the molecule is COc1cc2c(cc1OC)C1(CCN(CCc3ccc(NS(C)(=O)=O)cc3)CC1)N(Cc1ccc([N+](=O)[O-])cc1)CC2=O.Cl.Cl. The Kier molecular flexibility index (Phi) is 11.8. The quantitative estimate of drug-likeness (QED) is 0.231. The van der Waals surface area contributed by atoms with E-state index in [1.165, 1.54) is 12.1 Å². The maximum atomic E-state index is 13.5. The summed E-state index contributed by atoms with van der Waals surface area (Å²) in [5, 5.41) is 11.2. The highest BCUT2D eigenvalue weighted by Gasteiger charge is 2.47. The number of likely N-dealkylation sites (tertiary alicyclic amines) is 1. The van der Waals surface area contributed by atoms with E-state index in [9.17, 15) is 23.3 Å². The minimum absolute atomic E-state index is 0. The Bertz CT molecular complexity index is 1610. The van der Waals surface area contributed by atoms with E-state index in [1.54, 1.807) is 44.6 Å². The number of hydrogen-bond acceptors (Lipinski definition) is 9. The Balaban J connectivity index is 0.00000276. The van der Waals surface area contributed by atoms with Gasteiger partial charge in [0.25, 0.3) is 5.69 Å². The molecule has 1 spiro atoms. The Morgan fingerprint density at radius 2 is 1.51 bits per heavy atom. The molecule has 2 heterocycles. The van der Waals surface area contributed by atoms with Gasteiger partial charge in [0.2, 0.25) is 10.0 Å². The minimum Gasteiger partial charge on any atom is -0.493 e. The van der Waals surface area contributed by atoms with Crippen molar-refractivity contribution < 1.29 is 27.6 Å². The lowest BCUT2D eigenvalue weighted by molar-refractivity contribution is -0.384. The highest BCUT2D eigenvalue weighted by molar-refractivity contribution is 7.92. The standard InChI is InChI=1S/C31H36N4O7S.2ClH/c1-41-29-18-26-27(19-30(29)42-2)31(34(21-28(26)36)20-23-6-10-25(11-7-23)35(37)38)13-16-33(17-14-31)15-12-22-4-8-24(9-5-22)32-43(3,39)40;;/h4-11,18-19,32H,12-17,20-21H2,1-3H3;2*1H. The molecule has 0 bridgehead atoms.